The van der Waals surface area contributed by atoms with Gasteiger partial charge in [0.1, 0.15) is 17.2 Å². The van der Waals surface area contributed by atoms with Gasteiger partial charge in [-0.3, -0.25) is 0 Å². The molecule has 0 aliphatic carbocycles. The lowest BCUT2D eigenvalue weighted by atomic mass is 9.96. The van der Waals surface area contributed by atoms with Gasteiger partial charge in [0.15, 0.2) is 0 Å². The minimum atomic E-state index is -0.305. The summed E-state index contributed by atoms with van der Waals surface area (Å²) >= 11 is 3.61. The Labute approximate surface area is 196 Å². The topological polar surface area (TPSA) is 43.3 Å². The van der Waals surface area contributed by atoms with Crippen LogP contribution in [0.5, 0.6) is 17.2 Å². The van der Waals surface area contributed by atoms with E-state index in [0.29, 0.717) is 0 Å². The number of methoxy groups -OCH3 is 1. The number of hydrogen-bond acceptors (Lipinski definition) is 5. The molecule has 32 heavy (non-hydrogen) atoms. The van der Waals surface area contributed by atoms with Crippen LogP contribution in [0.3, 0.4) is 0 Å². The lowest BCUT2D eigenvalue weighted by Gasteiger charge is -2.38. The Hall–Kier alpha value is -2.99. The van der Waals surface area contributed by atoms with E-state index in [9.17, 15) is 0 Å². The monoisotopic (exact) mass is 492 g/mol. The summed E-state index contributed by atoms with van der Waals surface area (Å²) in [6, 6.07) is 22.5. The second kappa shape index (κ2) is 8.51. The molecule has 2 heterocycles. The fraction of sp³-hybridized carbons (Fsp3) is 0.269. The Morgan fingerprint density at radius 2 is 1.72 bits per heavy atom. The van der Waals surface area contributed by atoms with E-state index in [1.807, 2.05) is 62.4 Å². The van der Waals surface area contributed by atoms with Crippen LogP contribution >= 0.6 is 15.9 Å². The highest BCUT2D eigenvalue weighted by molar-refractivity contribution is 9.10. The Morgan fingerprint density at radius 1 is 1.00 bits per heavy atom. The van der Waals surface area contributed by atoms with Crippen molar-refractivity contribution < 1.29 is 14.2 Å². The third kappa shape index (κ3) is 3.95. The summed E-state index contributed by atoms with van der Waals surface area (Å²) in [5.41, 5.74) is 4.32. The summed E-state index contributed by atoms with van der Waals surface area (Å²) < 4.78 is 18.6. The van der Waals surface area contributed by atoms with Gasteiger partial charge in [0.2, 0.25) is 6.23 Å². The van der Waals surface area contributed by atoms with Crippen molar-refractivity contribution in [1.82, 2.24) is 5.01 Å². The van der Waals surface area contributed by atoms with Crippen molar-refractivity contribution >= 4 is 21.6 Å². The van der Waals surface area contributed by atoms with Crippen LogP contribution in [0.25, 0.3) is 0 Å². The van der Waals surface area contributed by atoms with Gasteiger partial charge in [-0.05, 0) is 86.1 Å². The zero-order chi connectivity index (χ0) is 22.2. The predicted molar refractivity (Wildman–Crippen MR) is 128 cm³/mol. The van der Waals surface area contributed by atoms with E-state index in [0.717, 1.165) is 50.5 Å². The molecule has 5 nitrogen and oxygen atoms in total. The van der Waals surface area contributed by atoms with Gasteiger partial charge in [0.25, 0.3) is 0 Å². The predicted octanol–water partition coefficient (Wildman–Crippen LogP) is 6.49. The first-order chi connectivity index (χ1) is 15.5. The number of nitrogens with zero attached hydrogens (tertiary/aromatic N) is 2. The summed E-state index contributed by atoms with van der Waals surface area (Å²) in [4.78, 5) is 0. The average Bonchev–Trinajstić information content (AvgIpc) is 3.25. The second-order valence-electron chi connectivity index (χ2n) is 8.26. The average molecular weight is 493 g/mol. The summed E-state index contributed by atoms with van der Waals surface area (Å²) in [5, 5.41) is 7.13. The zero-order valence-electron chi connectivity index (χ0n) is 18.3. The normalized spacial score (nSPS) is 19.2. The van der Waals surface area contributed by atoms with Crippen LogP contribution in [0.4, 0.5) is 0 Å². The minimum Gasteiger partial charge on any atom is -0.497 e. The zero-order valence-corrected chi connectivity index (χ0v) is 19.9. The standard InChI is InChI=1S/C26H25BrN2O3/c1-16(2)31-21-11-4-17(5-12-21)23-15-24-22-14-19(27)8-13-25(22)32-26(29(24)28-23)18-6-9-20(30-3)10-7-18/h4-14,16,24,26H,15H2,1-3H3/t24-,26+/m0/s1. The maximum absolute atomic E-state index is 6.44. The summed E-state index contributed by atoms with van der Waals surface area (Å²) in [6.45, 7) is 4.06. The molecule has 5 rings (SSSR count). The van der Waals surface area contributed by atoms with Gasteiger partial charge in [-0.2, -0.15) is 5.10 Å². The molecular formula is C26H25BrN2O3. The van der Waals surface area contributed by atoms with Gasteiger partial charge >= 0.3 is 0 Å². The first kappa shape index (κ1) is 20.9. The second-order valence-corrected chi connectivity index (χ2v) is 9.18. The van der Waals surface area contributed by atoms with E-state index >= 15 is 0 Å². The minimum absolute atomic E-state index is 0.102. The van der Waals surface area contributed by atoms with E-state index in [1.165, 1.54) is 0 Å². The van der Waals surface area contributed by atoms with Crippen molar-refractivity contribution in [2.45, 2.75) is 38.6 Å². The summed E-state index contributed by atoms with van der Waals surface area (Å²) in [5.74, 6) is 2.58. The molecule has 3 aromatic carbocycles. The van der Waals surface area contributed by atoms with E-state index < -0.39 is 0 Å². The van der Waals surface area contributed by atoms with Crippen molar-refractivity contribution in [2.24, 2.45) is 5.10 Å². The molecule has 2 aliphatic heterocycles. The smallest absolute Gasteiger partial charge is 0.213 e. The highest BCUT2D eigenvalue weighted by Gasteiger charge is 2.41. The molecule has 0 spiro atoms. The molecule has 0 saturated carbocycles. The van der Waals surface area contributed by atoms with Gasteiger partial charge in [0, 0.05) is 22.0 Å². The number of ether oxygens (including phenoxy) is 3. The molecule has 0 unspecified atom stereocenters. The molecule has 164 valence electrons. The quantitative estimate of drug-likeness (QED) is 0.408. The first-order valence-electron chi connectivity index (χ1n) is 10.7. The molecule has 0 aromatic heterocycles. The number of hydrogen-bond donors (Lipinski definition) is 0. The fourth-order valence-corrected chi connectivity index (χ4v) is 4.60. The van der Waals surface area contributed by atoms with E-state index in [1.54, 1.807) is 7.11 Å². The Morgan fingerprint density at radius 3 is 2.41 bits per heavy atom. The van der Waals surface area contributed by atoms with Crippen molar-refractivity contribution in [2.75, 3.05) is 7.11 Å². The van der Waals surface area contributed by atoms with Crippen LogP contribution in [0.1, 0.15) is 49.2 Å². The SMILES string of the molecule is COc1ccc([C@H]2Oc3ccc(Br)cc3[C@@H]3CC(c4ccc(OC(C)C)cc4)=NN23)cc1. The molecular weight excluding hydrogens is 468 g/mol. The lowest BCUT2D eigenvalue weighted by molar-refractivity contribution is -0.0191. The van der Waals surface area contributed by atoms with Crippen LogP contribution in [0, 0.1) is 0 Å². The number of fused-ring (bicyclic) bond motifs is 3. The third-order valence-electron chi connectivity index (χ3n) is 5.71. The van der Waals surface area contributed by atoms with Crippen LogP contribution < -0.4 is 14.2 Å². The van der Waals surface area contributed by atoms with Crippen molar-refractivity contribution in [3.05, 3.63) is 87.9 Å². The molecule has 0 fully saturated rings. The molecule has 2 aliphatic rings. The van der Waals surface area contributed by atoms with E-state index in [-0.39, 0.29) is 18.4 Å². The fourth-order valence-electron chi connectivity index (χ4n) is 4.22. The van der Waals surface area contributed by atoms with Crippen LogP contribution in [0.15, 0.2) is 76.3 Å². The van der Waals surface area contributed by atoms with E-state index in [4.69, 9.17) is 19.3 Å². The van der Waals surface area contributed by atoms with Gasteiger partial charge in [0.05, 0.1) is 25.0 Å². The molecule has 3 aromatic rings. The molecule has 0 amide bonds. The van der Waals surface area contributed by atoms with Crippen molar-refractivity contribution in [3.8, 4) is 17.2 Å². The van der Waals surface area contributed by atoms with Gasteiger partial charge in [-0.1, -0.05) is 15.9 Å². The van der Waals surface area contributed by atoms with Gasteiger partial charge in [-0.15, -0.1) is 0 Å². The van der Waals surface area contributed by atoms with Gasteiger partial charge in [-0.25, -0.2) is 5.01 Å². The number of hydrazone groups is 1. The Bertz CT molecular complexity index is 1140. The molecule has 0 N–H and O–H groups in total. The van der Waals surface area contributed by atoms with Crippen LogP contribution in [-0.4, -0.2) is 23.9 Å². The van der Waals surface area contributed by atoms with Gasteiger partial charge < -0.3 is 14.2 Å². The Kier molecular flexibility index (Phi) is 5.55. The lowest BCUT2D eigenvalue weighted by Crippen LogP contribution is -2.33. The maximum Gasteiger partial charge on any atom is 0.213 e. The molecule has 2 atom stereocenters. The maximum atomic E-state index is 6.44. The number of rotatable bonds is 5. The highest BCUT2D eigenvalue weighted by Crippen LogP contribution is 2.48. The van der Waals surface area contributed by atoms with Crippen LogP contribution in [0.2, 0.25) is 0 Å². The van der Waals surface area contributed by atoms with E-state index in [2.05, 4.69) is 39.1 Å². The number of benzene rings is 3. The molecule has 0 saturated heterocycles. The summed E-state index contributed by atoms with van der Waals surface area (Å²) in [6.07, 6.45) is 0.653. The summed E-state index contributed by atoms with van der Waals surface area (Å²) in [7, 11) is 1.67. The first-order valence-corrected chi connectivity index (χ1v) is 11.5. The third-order valence-corrected chi connectivity index (χ3v) is 6.21. The Balaban J connectivity index is 1.51. The largest absolute Gasteiger partial charge is 0.497 e. The van der Waals surface area contributed by atoms with Crippen molar-refractivity contribution in [3.63, 3.8) is 0 Å². The van der Waals surface area contributed by atoms with Crippen LogP contribution in [-0.2, 0) is 0 Å². The highest BCUT2D eigenvalue weighted by atomic mass is 79.9. The van der Waals surface area contributed by atoms with Crippen molar-refractivity contribution in [1.29, 1.82) is 0 Å². The molecule has 6 heteroatoms. The molecule has 0 bridgehead atoms. The molecule has 0 radical (unpaired) electrons. The number of halogens is 1.